The summed E-state index contributed by atoms with van der Waals surface area (Å²) in [7, 11) is -4.17. The van der Waals surface area contributed by atoms with Gasteiger partial charge in [0.05, 0.1) is 19.8 Å². The van der Waals surface area contributed by atoms with E-state index in [1.807, 2.05) is 0 Å². The van der Waals surface area contributed by atoms with Gasteiger partial charge in [0, 0.05) is 0 Å². The first-order chi connectivity index (χ1) is 15.4. The van der Waals surface area contributed by atoms with Crippen LogP contribution in [0.25, 0.3) is 0 Å². The van der Waals surface area contributed by atoms with Gasteiger partial charge >= 0.3 is 7.82 Å². The number of hydrogen-bond donors (Lipinski definition) is 3. The highest BCUT2D eigenvalue weighted by Crippen LogP contribution is 2.52. The fraction of sp³-hybridized carbons (Fsp3) is 1.00. The van der Waals surface area contributed by atoms with E-state index in [1.54, 1.807) is 0 Å². The van der Waals surface area contributed by atoms with E-state index in [2.05, 4.69) is 13.8 Å². The van der Waals surface area contributed by atoms with Gasteiger partial charge in [-0.3, -0.25) is 13.6 Å². The number of halogens is 1. The van der Waals surface area contributed by atoms with Crippen molar-refractivity contribution in [3.8, 4) is 0 Å². The largest absolute Gasteiger partial charge is 0.477 e. The van der Waals surface area contributed by atoms with E-state index >= 15 is 0 Å². The Hall–Kier alpha value is -0.120. The van der Waals surface area contributed by atoms with Gasteiger partial charge in [0.25, 0.3) is 0 Å². The van der Waals surface area contributed by atoms with Crippen molar-refractivity contribution < 1.29 is 42.6 Å². The zero-order valence-electron chi connectivity index (χ0n) is 19.7. The molecule has 1 aliphatic heterocycles. The summed E-state index contributed by atoms with van der Waals surface area (Å²) in [5, 5.41) is 29.0. The predicted molar refractivity (Wildman–Crippen MR) is 120 cm³/mol. The van der Waals surface area contributed by atoms with E-state index in [0.29, 0.717) is 12.8 Å². The van der Waals surface area contributed by atoms with Crippen LogP contribution in [0.1, 0.15) is 90.9 Å². The topological polar surface area (TPSA) is 115 Å². The fourth-order valence-electron chi connectivity index (χ4n) is 3.47. The van der Waals surface area contributed by atoms with E-state index in [9.17, 15) is 24.3 Å². The maximum atomic E-state index is 14.5. The van der Waals surface area contributed by atoms with Gasteiger partial charge in [-0.05, 0) is 12.8 Å². The van der Waals surface area contributed by atoms with Gasteiger partial charge in [0.15, 0.2) is 6.17 Å². The number of phosphoric acid groups is 1. The van der Waals surface area contributed by atoms with Crippen molar-refractivity contribution in [3.05, 3.63) is 0 Å². The maximum Gasteiger partial charge on any atom is 0.477 e. The van der Waals surface area contributed by atoms with Crippen LogP contribution in [0.5, 0.6) is 0 Å². The minimum atomic E-state index is -4.17. The Balaban J connectivity index is 2.60. The molecule has 0 radical (unpaired) electrons. The molecule has 8 nitrogen and oxygen atoms in total. The second-order valence-corrected chi connectivity index (χ2v) is 10.0. The summed E-state index contributed by atoms with van der Waals surface area (Å²) in [5.74, 6) is 0. The number of ether oxygens (including phenoxy) is 1. The van der Waals surface area contributed by atoms with Gasteiger partial charge in [-0.25, -0.2) is 8.96 Å². The normalized spacial score (nSPS) is 26.5. The lowest BCUT2D eigenvalue weighted by Crippen LogP contribution is -2.57. The molecule has 0 aromatic rings. The van der Waals surface area contributed by atoms with Gasteiger partial charge in [0.2, 0.25) is 6.29 Å². The van der Waals surface area contributed by atoms with Gasteiger partial charge in [0.1, 0.15) is 18.3 Å². The average Bonchev–Trinajstić information content (AvgIpc) is 2.78. The molecule has 10 heteroatoms. The Bertz CT molecular complexity index is 488. The first-order valence-electron chi connectivity index (χ1n) is 12.2. The predicted octanol–water partition coefficient (Wildman–Crippen LogP) is 4.64. The number of rotatable bonds is 19. The molecule has 0 spiro atoms. The third-order valence-corrected chi connectivity index (χ3v) is 7.00. The Morgan fingerprint density at radius 1 is 0.812 bits per heavy atom. The number of phosphoric ester groups is 1. The molecule has 0 unspecified atom stereocenters. The van der Waals surface area contributed by atoms with Crippen molar-refractivity contribution in [1.29, 1.82) is 0 Å². The SMILES string of the molecule is CCCCCCCCOP(=O)(OCCCCCCCC)O[C@@H]1O[C@H](CO)[C@@H](O)[C@H](O)[C@H]1F. The van der Waals surface area contributed by atoms with Crippen LogP contribution in [0.15, 0.2) is 0 Å². The molecule has 0 aromatic heterocycles. The molecule has 0 amide bonds. The lowest BCUT2D eigenvalue weighted by Gasteiger charge is -2.38. The minimum absolute atomic E-state index is 0.123. The molecule has 3 N–H and O–H groups in total. The monoisotopic (exact) mass is 486 g/mol. The van der Waals surface area contributed by atoms with Crippen LogP contribution in [0, 0.1) is 0 Å². The summed E-state index contributed by atoms with van der Waals surface area (Å²) in [6, 6.07) is 0. The zero-order valence-corrected chi connectivity index (χ0v) is 20.6. The highest BCUT2D eigenvalue weighted by atomic mass is 31.2. The van der Waals surface area contributed by atoms with Crippen molar-refractivity contribution in [1.82, 2.24) is 0 Å². The molecule has 0 aromatic carbocycles. The van der Waals surface area contributed by atoms with Crippen molar-refractivity contribution in [3.63, 3.8) is 0 Å². The molecule has 1 saturated heterocycles. The van der Waals surface area contributed by atoms with E-state index in [1.165, 1.54) is 12.8 Å². The summed E-state index contributed by atoms with van der Waals surface area (Å²) >= 11 is 0. The number of unbranched alkanes of at least 4 members (excludes halogenated alkanes) is 10. The van der Waals surface area contributed by atoms with Crippen molar-refractivity contribution in [2.24, 2.45) is 0 Å². The molecule has 1 aliphatic rings. The molecule has 192 valence electrons. The van der Waals surface area contributed by atoms with Crippen LogP contribution in [-0.2, 0) is 22.9 Å². The highest BCUT2D eigenvalue weighted by molar-refractivity contribution is 7.48. The van der Waals surface area contributed by atoms with Gasteiger partial charge in [-0.1, -0.05) is 78.1 Å². The van der Waals surface area contributed by atoms with E-state index < -0.39 is 45.2 Å². The van der Waals surface area contributed by atoms with Crippen LogP contribution >= 0.6 is 7.82 Å². The highest BCUT2D eigenvalue weighted by Gasteiger charge is 2.48. The summed E-state index contributed by atoms with van der Waals surface area (Å²) < 4.78 is 48.9. The van der Waals surface area contributed by atoms with Gasteiger partial charge < -0.3 is 20.1 Å². The molecule has 1 fully saturated rings. The molecular weight excluding hydrogens is 442 g/mol. The summed E-state index contributed by atoms with van der Waals surface area (Å²) in [4.78, 5) is 0. The van der Waals surface area contributed by atoms with Gasteiger partial charge in [-0.15, -0.1) is 0 Å². The van der Waals surface area contributed by atoms with E-state index in [0.717, 1.165) is 51.4 Å². The average molecular weight is 487 g/mol. The number of alkyl halides is 1. The summed E-state index contributed by atoms with van der Waals surface area (Å²) in [5.41, 5.74) is 0. The molecule has 0 aliphatic carbocycles. The lowest BCUT2D eigenvalue weighted by molar-refractivity contribution is -0.266. The quantitative estimate of drug-likeness (QED) is 0.179. The number of hydrogen-bond acceptors (Lipinski definition) is 8. The van der Waals surface area contributed by atoms with Gasteiger partial charge in [-0.2, -0.15) is 0 Å². The first kappa shape index (κ1) is 29.9. The Morgan fingerprint density at radius 3 is 1.75 bits per heavy atom. The molecule has 32 heavy (non-hydrogen) atoms. The van der Waals surface area contributed by atoms with Crippen molar-refractivity contribution in [2.75, 3.05) is 19.8 Å². The lowest BCUT2D eigenvalue weighted by atomic mass is 10.0. The standard InChI is InChI=1S/C22H44FO8P/c1-3-5-7-9-11-13-15-28-32(27,29-16-14-12-10-8-6-4-2)31-22-19(23)21(26)20(25)18(17-24)30-22/h18-22,24-26H,3-17H2,1-2H3/t18-,19-,20-,21-,22+/m1/s1. The van der Waals surface area contributed by atoms with Crippen LogP contribution in [0.3, 0.4) is 0 Å². The van der Waals surface area contributed by atoms with Crippen molar-refractivity contribution >= 4 is 7.82 Å². The summed E-state index contributed by atoms with van der Waals surface area (Å²) in [6.07, 6.45) is 3.38. The van der Waals surface area contributed by atoms with Crippen LogP contribution in [-0.4, -0.2) is 65.9 Å². The van der Waals surface area contributed by atoms with Crippen LogP contribution in [0.4, 0.5) is 4.39 Å². The molecule has 1 rings (SSSR count). The third-order valence-electron chi connectivity index (χ3n) is 5.53. The third kappa shape index (κ3) is 11.3. The van der Waals surface area contributed by atoms with E-state index in [-0.39, 0.29) is 13.2 Å². The Kier molecular flexibility index (Phi) is 16.2. The second-order valence-electron chi connectivity index (χ2n) is 8.41. The molecule has 5 atom stereocenters. The van der Waals surface area contributed by atoms with Crippen LogP contribution < -0.4 is 0 Å². The zero-order chi connectivity index (χ0) is 23.8. The molecule has 0 bridgehead atoms. The van der Waals surface area contributed by atoms with E-state index in [4.69, 9.17) is 18.3 Å². The smallest absolute Gasteiger partial charge is 0.394 e. The molecule has 1 heterocycles. The first-order valence-corrected chi connectivity index (χ1v) is 13.7. The van der Waals surface area contributed by atoms with Crippen molar-refractivity contribution in [2.45, 2.75) is 122 Å². The minimum Gasteiger partial charge on any atom is -0.394 e. The maximum absolute atomic E-state index is 14.5. The summed E-state index contributed by atoms with van der Waals surface area (Å²) in [6.45, 7) is 3.87. The molecule has 0 saturated carbocycles. The number of aliphatic hydroxyl groups is 3. The fourth-order valence-corrected chi connectivity index (χ4v) is 4.80. The Labute approximate surface area is 192 Å². The van der Waals surface area contributed by atoms with Crippen LogP contribution in [0.2, 0.25) is 0 Å². The second kappa shape index (κ2) is 17.3. The molecular formula is C22H44FO8P. The Morgan fingerprint density at radius 2 is 1.28 bits per heavy atom. The number of aliphatic hydroxyl groups excluding tert-OH is 3.